The number of hydrogen-bond acceptors (Lipinski definition) is 2. The normalized spacial score (nSPS) is 13.0. The van der Waals surface area contributed by atoms with Crippen LogP contribution in [0.4, 0.5) is 0 Å². The quantitative estimate of drug-likeness (QED) is 0.622. The highest BCUT2D eigenvalue weighted by molar-refractivity contribution is 7.90. The predicted octanol–water partition coefficient (Wildman–Crippen LogP) is 2.22. The number of benzene rings is 1. The number of rotatable bonds is 3. The van der Waals surface area contributed by atoms with E-state index in [9.17, 15) is 8.42 Å². The van der Waals surface area contributed by atoms with Crippen LogP contribution in [-0.2, 0) is 10.0 Å². The topological polar surface area (TPSA) is 49.7 Å². The van der Waals surface area contributed by atoms with Gasteiger partial charge in [0.25, 0.3) is 10.0 Å². The highest BCUT2D eigenvalue weighted by atomic mass is 32.2. The van der Waals surface area contributed by atoms with Crippen molar-refractivity contribution >= 4 is 15.9 Å². The summed E-state index contributed by atoms with van der Waals surface area (Å²) in [6.07, 6.45) is 3.41. The van der Waals surface area contributed by atoms with Crippen molar-refractivity contribution in [2.24, 2.45) is 4.40 Å². The molecule has 0 heterocycles. The van der Waals surface area contributed by atoms with Crippen LogP contribution in [0.3, 0.4) is 0 Å². The number of allylic oxidation sites excluding steroid dienone is 1. The minimum atomic E-state index is -3.65. The van der Waals surface area contributed by atoms with Gasteiger partial charge in [-0.15, -0.1) is 4.40 Å². The first kappa shape index (κ1) is 14.4. The second-order valence-corrected chi connectivity index (χ2v) is 5.74. The fraction of sp³-hybridized carbons (Fsp3) is 0.308. The van der Waals surface area contributed by atoms with Crippen LogP contribution in [0, 0.1) is 6.92 Å². The van der Waals surface area contributed by atoms with E-state index in [1.807, 2.05) is 13.8 Å². The Bertz CT molecular complexity index is 555. The van der Waals surface area contributed by atoms with Crippen LogP contribution in [0.1, 0.15) is 12.5 Å². The van der Waals surface area contributed by atoms with Crippen LogP contribution in [0.15, 0.2) is 45.7 Å². The third-order valence-electron chi connectivity index (χ3n) is 2.31. The summed E-state index contributed by atoms with van der Waals surface area (Å²) in [5.74, 6) is 0.401. The van der Waals surface area contributed by atoms with Gasteiger partial charge in [-0.25, -0.2) is 0 Å². The lowest BCUT2D eigenvalue weighted by Gasteiger charge is -2.11. The summed E-state index contributed by atoms with van der Waals surface area (Å²) in [6.45, 7) is 3.72. The largest absolute Gasteiger partial charge is 0.362 e. The molecule has 0 atom stereocenters. The van der Waals surface area contributed by atoms with Crippen LogP contribution in [0.5, 0.6) is 0 Å². The van der Waals surface area contributed by atoms with Gasteiger partial charge >= 0.3 is 0 Å². The number of sulfonamides is 1. The van der Waals surface area contributed by atoms with E-state index in [1.165, 1.54) is 0 Å². The fourth-order valence-corrected chi connectivity index (χ4v) is 2.35. The summed E-state index contributed by atoms with van der Waals surface area (Å²) in [6, 6.07) is 6.65. The fourth-order valence-electron chi connectivity index (χ4n) is 1.30. The molecule has 0 N–H and O–H groups in total. The maximum atomic E-state index is 12.1. The SMILES string of the molecule is C/C=C/C(=NS(=O)(=O)c1ccc(C)cc1)N(C)C. The average Bonchev–Trinajstić information content (AvgIpc) is 2.28. The van der Waals surface area contributed by atoms with Gasteiger partial charge in [0.2, 0.25) is 0 Å². The zero-order valence-electron chi connectivity index (χ0n) is 11.1. The van der Waals surface area contributed by atoms with Crippen molar-refractivity contribution in [2.75, 3.05) is 14.1 Å². The minimum Gasteiger partial charge on any atom is -0.362 e. The van der Waals surface area contributed by atoms with Crippen molar-refractivity contribution in [1.82, 2.24) is 4.90 Å². The molecule has 0 radical (unpaired) electrons. The molecule has 98 valence electrons. The molecule has 0 fully saturated rings. The third kappa shape index (κ3) is 3.70. The Morgan fingerprint density at radius 1 is 1.22 bits per heavy atom. The molecule has 0 amide bonds. The molecule has 5 heteroatoms. The molecule has 0 saturated carbocycles. The summed E-state index contributed by atoms with van der Waals surface area (Å²) in [4.78, 5) is 1.86. The maximum absolute atomic E-state index is 12.1. The van der Waals surface area contributed by atoms with Crippen molar-refractivity contribution in [2.45, 2.75) is 18.7 Å². The van der Waals surface area contributed by atoms with E-state index >= 15 is 0 Å². The summed E-state index contributed by atoms with van der Waals surface area (Å²) < 4.78 is 28.0. The van der Waals surface area contributed by atoms with E-state index in [0.717, 1.165) is 5.56 Å². The number of amidine groups is 1. The molecular weight excluding hydrogens is 248 g/mol. The average molecular weight is 266 g/mol. The van der Waals surface area contributed by atoms with Crippen LogP contribution in [-0.4, -0.2) is 33.2 Å². The summed E-state index contributed by atoms with van der Waals surface area (Å²) in [7, 11) is -0.141. The van der Waals surface area contributed by atoms with E-state index in [2.05, 4.69) is 4.40 Å². The second kappa shape index (κ2) is 5.82. The molecule has 0 aliphatic carbocycles. The zero-order chi connectivity index (χ0) is 13.8. The van der Waals surface area contributed by atoms with E-state index in [1.54, 1.807) is 55.4 Å². The first-order chi connectivity index (χ1) is 8.36. The Balaban J connectivity index is 3.21. The van der Waals surface area contributed by atoms with Crippen LogP contribution in [0.2, 0.25) is 0 Å². The molecule has 0 aromatic heterocycles. The van der Waals surface area contributed by atoms with Crippen molar-refractivity contribution in [1.29, 1.82) is 0 Å². The van der Waals surface area contributed by atoms with E-state index in [0.29, 0.717) is 5.84 Å². The van der Waals surface area contributed by atoms with E-state index in [4.69, 9.17) is 0 Å². The van der Waals surface area contributed by atoms with Gasteiger partial charge in [-0.1, -0.05) is 23.8 Å². The molecule has 0 aliphatic rings. The zero-order valence-corrected chi connectivity index (χ0v) is 11.9. The molecule has 1 aromatic carbocycles. The molecule has 18 heavy (non-hydrogen) atoms. The van der Waals surface area contributed by atoms with Gasteiger partial charge in [-0.05, 0) is 32.1 Å². The van der Waals surface area contributed by atoms with Gasteiger partial charge in [-0.2, -0.15) is 8.42 Å². The number of likely N-dealkylation sites (N-methyl/N-ethyl adjacent to an activating group) is 1. The molecule has 0 unspecified atom stereocenters. The molecule has 0 bridgehead atoms. The summed E-state index contributed by atoms with van der Waals surface area (Å²) >= 11 is 0. The van der Waals surface area contributed by atoms with Gasteiger partial charge in [0.1, 0.15) is 5.84 Å². The molecule has 0 spiro atoms. The maximum Gasteiger partial charge on any atom is 0.284 e. The van der Waals surface area contributed by atoms with Crippen LogP contribution < -0.4 is 0 Å². The molecule has 1 aromatic rings. The van der Waals surface area contributed by atoms with Gasteiger partial charge in [0, 0.05) is 14.1 Å². The predicted molar refractivity (Wildman–Crippen MR) is 74.3 cm³/mol. The van der Waals surface area contributed by atoms with E-state index < -0.39 is 10.0 Å². The summed E-state index contributed by atoms with van der Waals surface area (Å²) in [5.41, 5.74) is 1.01. The monoisotopic (exact) mass is 266 g/mol. The number of nitrogens with zero attached hydrogens (tertiary/aromatic N) is 2. The van der Waals surface area contributed by atoms with Gasteiger partial charge in [0.05, 0.1) is 4.90 Å². The van der Waals surface area contributed by atoms with Crippen molar-refractivity contribution in [3.8, 4) is 0 Å². The highest BCUT2D eigenvalue weighted by Gasteiger charge is 2.13. The molecular formula is C13H18N2O2S. The second-order valence-electron chi connectivity index (χ2n) is 4.13. The number of aryl methyl sites for hydroxylation is 1. The molecule has 1 rings (SSSR count). The molecule has 0 aliphatic heterocycles. The van der Waals surface area contributed by atoms with Crippen molar-refractivity contribution < 1.29 is 8.42 Å². The van der Waals surface area contributed by atoms with Crippen LogP contribution in [0.25, 0.3) is 0 Å². The Morgan fingerprint density at radius 2 is 1.78 bits per heavy atom. The van der Waals surface area contributed by atoms with Crippen molar-refractivity contribution in [3.63, 3.8) is 0 Å². The first-order valence-electron chi connectivity index (χ1n) is 5.58. The Hall–Kier alpha value is -1.62. The minimum absolute atomic E-state index is 0.206. The van der Waals surface area contributed by atoms with E-state index in [-0.39, 0.29) is 4.90 Å². The van der Waals surface area contributed by atoms with Gasteiger partial charge in [0.15, 0.2) is 0 Å². The standard InChI is InChI=1S/C13H18N2O2S/c1-5-6-13(15(3)4)14-18(16,17)12-9-7-11(2)8-10-12/h5-10H,1-4H3/b6-5+,14-13?. The Kier molecular flexibility index (Phi) is 4.67. The Labute approximate surface area is 109 Å². The lowest BCUT2D eigenvalue weighted by molar-refractivity contribution is 0.592. The van der Waals surface area contributed by atoms with Crippen molar-refractivity contribution in [3.05, 3.63) is 42.0 Å². The Morgan fingerprint density at radius 3 is 2.22 bits per heavy atom. The van der Waals surface area contributed by atoms with Crippen LogP contribution >= 0.6 is 0 Å². The molecule has 0 saturated heterocycles. The third-order valence-corrected chi connectivity index (χ3v) is 3.60. The lowest BCUT2D eigenvalue weighted by atomic mass is 10.2. The van der Waals surface area contributed by atoms with Gasteiger partial charge in [-0.3, -0.25) is 0 Å². The van der Waals surface area contributed by atoms with Gasteiger partial charge < -0.3 is 4.90 Å². The number of hydrogen-bond donors (Lipinski definition) is 0. The highest BCUT2D eigenvalue weighted by Crippen LogP contribution is 2.13. The smallest absolute Gasteiger partial charge is 0.284 e. The first-order valence-corrected chi connectivity index (χ1v) is 7.02. The molecule has 4 nitrogen and oxygen atoms in total. The summed E-state index contributed by atoms with van der Waals surface area (Å²) in [5, 5.41) is 0. The lowest BCUT2D eigenvalue weighted by Crippen LogP contribution is -2.21.